The summed E-state index contributed by atoms with van der Waals surface area (Å²) in [5, 5.41) is 11.9. The predicted octanol–water partition coefficient (Wildman–Crippen LogP) is 4.39. The number of benzene rings is 2. The van der Waals surface area contributed by atoms with Gasteiger partial charge in [0.25, 0.3) is 5.91 Å². The van der Waals surface area contributed by atoms with Crippen LogP contribution in [-0.2, 0) is 4.79 Å². The molecule has 0 saturated carbocycles. The zero-order valence-corrected chi connectivity index (χ0v) is 14.1. The van der Waals surface area contributed by atoms with Crippen LogP contribution in [0, 0.1) is 11.3 Å². The normalized spacial score (nSPS) is 10.7. The Bertz CT molecular complexity index is 761. The van der Waals surface area contributed by atoms with Gasteiger partial charge in [0.1, 0.15) is 17.4 Å². The van der Waals surface area contributed by atoms with E-state index in [0.717, 1.165) is 15.8 Å². The largest absolute Gasteiger partial charge is 0.494 e. The number of nitrogens with zero attached hydrogens (tertiary/aromatic N) is 1. The summed E-state index contributed by atoms with van der Waals surface area (Å²) in [7, 11) is 0. The van der Waals surface area contributed by atoms with Gasteiger partial charge in [0.05, 0.1) is 6.61 Å². The van der Waals surface area contributed by atoms with E-state index in [2.05, 4.69) is 21.2 Å². The fraction of sp³-hybridized carbons (Fsp3) is 0.111. The molecule has 1 amide bonds. The number of halogens is 1. The molecule has 5 heteroatoms. The predicted molar refractivity (Wildman–Crippen MR) is 94.0 cm³/mol. The van der Waals surface area contributed by atoms with Gasteiger partial charge in [-0.2, -0.15) is 5.26 Å². The molecule has 0 spiro atoms. The van der Waals surface area contributed by atoms with Crippen molar-refractivity contribution in [2.24, 2.45) is 0 Å². The van der Waals surface area contributed by atoms with E-state index < -0.39 is 5.91 Å². The maximum atomic E-state index is 12.2. The molecule has 0 saturated heterocycles. The van der Waals surface area contributed by atoms with Gasteiger partial charge in [0, 0.05) is 10.2 Å². The van der Waals surface area contributed by atoms with E-state index in [1.807, 2.05) is 25.1 Å². The highest BCUT2D eigenvalue weighted by atomic mass is 79.9. The summed E-state index contributed by atoms with van der Waals surface area (Å²) in [6.45, 7) is 2.50. The number of hydrogen-bond acceptors (Lipinski definition) is 3. The number of amides is 1. The van der Waals surface area contributed by atoms with Crippen LogP contribution in [0.3, 0.4) is 0 Å². The molecule has 0 aliphatic carbocycles. The fourth-order valence-electron chi connectivity index (χ4n) is 1.91. The molecule has 1 N–H and O–H groups in total. The monoisotopic (exact) mass is 370 g/mol. The number of nitriles is 1. The number of carbonyl (C=O) groups excluding carboxylic acids is 1. The second kappa shape index (κ2) is 8.16. The molecule has 0 heterocycles. The van der Waals surface area contributed by atoms with Crippen LogP contribution >= 0.6 is 15.9 Å². The van der Waals surface area contributed by atoms with Gasteiger partial charge >= 0.3 is 0 Å². The Morgan fingerprint density at radius 2 is 2.04 bits per heavy atom. The second-order valence-electron chi connectivity index (χ2n) is 4.64. The summed E-state index contributed by atoms with van der Waals surface area (Å²) < 4.78 is 6.21. The molecule has 0 aromatic heterocycles. The lowest BCUT2D eigenvalue weighted by Crippen LogP contribution is -2.13. The molecule has 2 aromatic rings. The molecule has 0 aliphatic heterocycles. The second-order valence-corrected chi connectivity index (χ2v) is 5.55. The maximum Gasteiger partial charge on any atom is 0.266 e. The molecule has 0 radical (unpaired) electrons. The van der Waals surface area contributed by atoms with E-state index in [-0.39, 0.29) is 5.57 Å². The zero-order chi connectivity index (χ0) is 16.7. The average Bonchev–Trinajstić information content (AvgIpc) is 2.54. The number of nitrogens with one attached hydrogen (secondary N) is 1. The Hall–Kier alpha value is -2.58. The van der Waals surface area contributed by atoms with Crippen LogP contribution in [0.2, 0.25) is 0 Å². The van der Waals surface area contributed by atoms with Crippen LogP contribution in [0.4, 0.5) is 5.69 Å². The van der Waals surface area contributed by atoms with Crippen LogP contribution in [-0.4, -0.2) is 12.5 Å². The molecule has 0 unspecified atom stereocenters. The van der Waals surface area contributed by atoms with Crippen molar-refractivity contribution in [3.05, 3.63) is 64.1 Å². The van der Waals surface area contributed by atoms with Gasteiger partial charge in [-0.1, -0.05) is 34.1 Å². The number of ether oxygens (including phenoxy) is 1. The molecule has 2 aromatic carbocycles. The summed E-state index contributed by atoms with van der Waals surface area (Å²) in [5.41, 5.74) is 1.42. The van der Waals surface area contributed by atoms with E-state index >= 15 is 0 Å². The van der Waals surface area contributed by atoms with Crippen molar-refractivity contribution >= 4 is 33.6 Å². The first-order valence-electron chi connectivity index (χ1n) is 7.04. The van der Waals surface area contributed by atoms with Gasteiger partial charge in [-0.05, 0) is 48.9 Å². The summed E-state index contributed by atoms with van der Waals surface area (Å²) in [4.78, 5) is 12.2. The van der Waals surface area contributed by atoms with Crippen molar-refractivity contribution in [3.63, 3.8) is 0 Å². The lowest BCUT2D eigenvalue weighted by atomic mass is 10.1. The van der Waals surface area contributed by atoms with E-state index in [1.165, 1.54) is 0 Å². The third kappa shape index (κ3) is 4.97. The number of hydrogen-bond donors (Lipinski definition) is 1. The van der Waals surface area contributed by atoms with Crippen molar-refractivity contribution in [2.45, 2.75) is 6.92 Å². The topological polar surface area (TPSA) is 62.1 Å². The van der Waals surface area contributed by atoms with Crippen LogP contribution < -0.4 is 10.1 Å². The Kier molecular flexibility index (Phi) is 5.95. The first-order chi connectivity index (χ1) is 11.1. The Morgan fingerprint density at radius 3 is 2.65 bits per heavy atom. The van der Waals surface area contributed by atoms with E-state index in [4.69, 9.17) is 4.74 Å². The fourth-order valence-corrected chi connectivity index (χ4v) is 2.31. The molecule has 116 valence electrons. The maximum absolute atomic E-state index is 12.2. The SMILES string of the molecule is CCOc1ccc(/C=C(/C#N)C(=O)Nc2cccc(Br)c2)cc1. The van der Waals surface area contributed by atoms with Crippen molar-refractivity contribution in [1.29, 1.82) is 5.26 Å². The van der Waals surface area contributed by atoms with Gasteiger partial charge in [-0.15, -0.1) is 0 Å². The van der Waals surface area contributed by atoms with Crippen LogP contribution in [0.15, 0.2) is 58.6 Å². The lowest BCUT2D eigenvalue weighted by molar-refractivity contribution is -0.112. The minimum Gasteiger partial charge on any atom is -0.494 e. The molecule has 0 atom stereocenters. The van der Waals surface area contributed by atoms with Gasteiger partial charge in [0.2, 0.25) is 0 Å². The third-order valence-corrected chi connectivity index (χ3v) is 3.44. The average molecular weight is 371 g/mol. The summed E-state index contributed by atoms with van der Waals surface area (Å²) >= 11 is 3.34. The zero-order valence-electron chi connectivity index (χ0n) is 12.5. The van der Waals surface area contributed by atoms with E-state index in [0.29, 0.717) is 12.3 Å². The highest BCUT2D eigenvalue weighted by Gasteiger charge is 2.09. The van der Waals surface area contributed by atoms with E-state index in [9.17, 15) is 10.1 Å². The molecule has 0 fully saturated rings. The molecule has 0 bridgehead atoms. The summed E-state index contributed by atoms with van der Waals surface area (Å²) in [6, 6.07) is 16.3. The Labute approximate surface area is 143 Å². The quantitative estimate of drug-likeness (QED) is 0.626. The van der Waals surface area contributed by atoms with Crippen LogP contribution in [0.1, 0.15) is 12.5 Å². The number of anilines is 1. The minimum atomic E-state index is -0.445. The molecule has 2 rings (SSSR count). The first-order valence-corrected chi connectivity index (χ1v) is 7.83. The Morgan fingerprint density at radius 1 is 1.30 bits per heavy atom. The summed E-state index contributed by atoms with van der Waals surface area (Å²) in [6.07, 6.45) is 1.54. The lowest BCUT2D eigenvalue weighted by Gasteiger charge is -2.05. The van der Waals surface area contributed by atoms with Gasteiger partial charge in [-0.3, -0.25) is 4.79 Å². The molecule has 23 heavy (non-hydrogen) atoms. The van der Waals surface area contributed by atoms with Crippen molar-refractivity contribution in [2.75, 3.05) is 11.9 Å². The third-order valence-electron chi connectivity index (χ3n) is 2.95. The van der Waals surface area contributed by atoms with Gasteiger partial charge < -0.3 is 10.1 Å². The number of carbonyl (C=O) groups is 1. The highest BCUT2D eigenvalue weighted by molar-refractivity contribution is 9.10. The van der Waals surface area contributed by atoms with E-state index in [1.54, 1.807) is 42.5 Å². The Balaban J connectivity index is 2.14. The van der Waals surface area contributed by atoms with Crippen LogP contribution in [0.5, 0.6) is 5.75 Å². The molecular weight excluding hydrogens is 356 g/mol. The van der Waals surface area contributed by atoms with Gasteiger partial charge in [-0.25, -0.2) is 0 Å². The van der Waals surface area contributed by atoms with Crippen LogP contribution in [0.25, 0.3) is 6.08 Å². The molecule has 4 nitrogen and oxygen atoms in total. The summed E-state index contributed by atoms with van der Waals surface area (Å²) in [5.74, 6) is 0.307. The van der Waals surface area contributed by atoms with Crippen molar-refractivity contribution < 1.29 is 9.53 Å². The van der Waals surface area contributed by atoms with Crippen molar-refractivity contribution in [3.8, 4) is 11.8 Å². The molecule has 0 aliphatic rings. The molecular formula is C18H15BrN2O2. The van der Waals surface area contributed by atoms with Crippen molar-refractivity contribution in [1.82, 2.24) is 0 Å². The van der Waals surface area contributed by atoms with Gasteiger partial charge in [0.15, 0.2) is 0 Å². The standard InChI is InChI=1S/C18H15BrN2O2/c1-2-23-17-8-6-13(7-9-17)10-14(12-20)18(22)21-16-5-3-4-15(19)11-16/h3-11H,2H2,1H3,(H,21,22)/b14-10-. The first kappa shape index (κ1) is 16.8. The minimum absolute atomic E-state index is 0.0362. The number of rotatable bonds is 5. The highest BCUT2D eigenvalue weighted by Crippen LogP contribution is 2.18. The smallest absolute Gasteiger partial charge is 0.266 e.